The lowest BCUT2D eigenvalue weighted by atomic mass is 10.0. The van der Waals surface area contributed by atoms with Gasteiger partial charge in [-0.15, -0.1) is 0 Å². The summed E-state index contributed by atoms with van der Waals surface area (Å²) in [5.41, 5.74) is 1.84. The number of rotatable bonds is 2. The molecule has 2 aromatic rings. The van der Waals surface area contributed by atoms with Crippen LogP contribution in [0.4, 0.5) is 0 Å². The van der Waals surface area contributed by atoms with Crippen molar-refractivity contribution in [2.24, 2.45) is 0 Å². The molecule has 0 atom stereocenters. The molecule has 1 fully saturated rings. The molecule has 106 valence electrons. The topological polar surface area (TPSA) is 58.4 Å². The maximum Gasteiger partial charge on any atom is 0.337 e. The lowest BCUT2D eigenvalue weighted by Crippen LogP contribution is -2.31. The van der Waals surface area contributed by atoms with Crippen LogP contribution in [0, 0.1) is 6.92 Å². The van der Waals surface area contributed by atoms with Crippen molar-refractivity contribution in [2.45, 2.75) is 25.8 Å². The number of hydrogen-bond acceptors (Lipinski definition) is 3. The summed E-state index contributed by atoms with van der Waals surface area (Å²) in [6.07, 6.45) is 2.17. The number of likely N-dealkylation sites (tertiary alicyclic amines) is 1. The van der Waals surface area contributed by atoms with Gasteiger partial charge in [-0.05, 0) is 52.0 Å². The first-order valence-corrected chi connectivity index (χ1v) is 6.97. The molecular formula is C15H19N3O2. The lowest BCUT2D eigenvalue weighted by Gasteiger charge is -2.30. The highest BCUT2D eigenvalue weighted by molar-refractivity contribution is 6.01. The molecule has 5 nitrogen and oxygen atoms in total. The van der Waals surface area contributed by atoms with Crippen molar-refractivity contribution in [1.82, 2.24) is 14.5 Å². The van der Waals surface area contributed by atoms with E-state index in [1.165, 1.54) is 0 Å². The summed E-state index contributed by atoms with van der Waals surface area (Å²) in [4.78, 5) is 18.1. The SMILES string of the molecule is Cc1nc2c(C(=O)O)cccc2n1C1CCN(C)CC1. The van der Waals surface area contributed by atoms with Crippen molar-refractivity contribution >= 4 is 17.0 Å². The van der Waals surface area contributed by atoms with Crippen molar-refractivity contribution in [3.63, 3.8) is 0 Å². The van der Waals surface area contributed by atoms with E-state index < -0.39 is 5.97 Å². The smallest absolute Gasteiger partial charge is 0.337 e. The van der Waals surface area contributed by atoms with Crippen LogP contribution >= 0.6 is 0 Å². The maximum absolute atomic E-state index is 11.3. The Labute approximate surface area is 117 Å². The molecule has 0 amide bonds. The molecule has 1 aromatic heterocycles. The number of carboxylic acid groups (broad SMARTS) is 1. The molecule has 1 aliphatic heterocycles. The van der Waals surface area contributed by atoms with Crippen LogP contribution in [0.2, 0.25) is 0 Å². The fourth-order valence-corrected chi connectivity index (χ4v) is 3.12. The monoisotopic (exact) mass is 273 g/mol. The van der Waals surface area contributed by atoms with Crippen LogP contribution in [0.3, 0.4) is 0 Å². The number of aryl methyl sites for hydroxylation is 1. The summed E-state index contributed by atoms with van der Waals surface area (Å²) >= 11 is 0. The summed E-state index contributed by atoms with van der Waals surface area (Å²) in [5.74, 6) is -0.00752. The van der Waals surface area contributed by atoms with E-state index in [-0.39, 0.29) is 5.56 Å². The molecule has 0 bridgehead atoms. The second kappa shape index (κ2) is 4.90. The molecule has 0 unspecified atom stereocenters. The van der Waals surface area contributed by atoms with Gasteiger partial charge in [0.2, 0.25) is 0 Å². The van der Waals surface area contributed by atoms with Gasteiger partial charge in [0.1, 0.15) is 11.3 Å². The van der Waals surface area contributed by atoms with Crippen molar-refractivity contribution in [2.75, 3.05) is 20.1 Å². The molecule has 0 radical (unpaired) electrons. The zero-order chi connectivity index (χ0) is 14.3. The molecule has 2 heterocycles. The third-order valence-electron chi connectivity index (χ3n) is 4.18. The quantitative estimate of drug-likeness (QED) is 0.912. The Balaban J connectivity index is 2.09. The van der Waals surface area contributed by atoms with Gasteiger partial charge in [0.05, 0.1) is 11.1 Å². The van der Waals surface area contributed by atoms with Crippen molar-refractivity contribution in [3.05, 3.63) is 29.6 Å². The first-order valence-electron chi connectivity index (χ1n) is 6.97. The second-order valence-electron chi connectivity index (χ2n) is 5.54. The van der Waals surface area contributed by atoms with E-state index in [4.69, 9.17) is 0 Å². The Morgan fingerprint density at radius 1 is 1.35 bits per heavy atom. The van der Waals surface area contributed by atoms with E-state index in [1.807, 2.05) is 13.0 Å². The summed E-state index contributed by atoms with van der Waals surface area (Å²) < 4.78 is 2.22. The number of imidazole rings is 1. The highest BCUT2D eigenvalue weighted by Gasteiger charge is 2.23. The second-order valence-corrected chi connectivity index (χ2v) is 5.54. The molecule has 1 N–H and O–H groups in total. The van der Waals surface area contributed by atoms with Gasteiger partial charge in [0.25, 0.3) is 0 Å². The van der Waals surface area contributed by atoms with Crippen molar-refractivity contribution < 1.29 is 9.90 Å². The van der Waals surface area contributed by atoms with Crippen LogP contribution in [0.5, 0.6) is 0 Å². The van der Waals surface area contributed by atoms with Crippen molar-refractivity contribution in [3.8, 4) is 0 Å². The standard InChI is InChI=1S/C15H19N3O2/c1-10-16-14-12(15(19)20)4-3-5-13(14)18(10)11-6-8-17(2)9-7-11/h3-5,11H,6-9H2,1-2H3,(H,19,20). The fourth-order valence-electron chi connectivity index (χ4n) is 3.12. The molecule has 20 heavy (non-hydrogen) atoms. The lowest BCUT2D eigenvalue weighted by molar-refractivity contribution is 0.0699. The Bertz CT molecular complexity index is 654. The first-order chi connectivity index (χ1) is 9.58. The number of para-hydroxylation sites is 1. The van der Waals surface area contributed by atoms with Gasteiger partial charge in [-0.3, -0.25) is 0 Å². The minimum atomic E-state index is -0.913. The van der Waals surface area contributed by atoms with Crippen LogP contribution < -0.4 is 0 Å². The molecule has 0 spiro atoms. The number of aromatic carboxylic acids is 1. The van der Waals surface area contributed by atoms with Gasteiger partial charge in [-0.2, -0.15) is 0 Å². The number of aromatic nitrogens is 2. The summed E-state index contributed by atoms with van der Waals surface area (Å²) in [7, 11) is 2.14. The number of nitrogens with zero attached hydrogens (tertiary/aromatic N) is 3. The minimum absolute atomic E-state index is 0.289. The molecule has 0 saturated carbocycles. The zero-order valence-electron chi connectivity index (χ0n) is 11.8. The van der Waals surface area contributed by atoms with Gasteiger partial charge < -0.3 is 14.6 Å². The molecule has 0 aliphatic carbocycles. The number of piperidine rings is 1. The Morgan fingerprint density at radius 2 is 2.05 bits per heavy atom. The van der Waals surface area contributed by atoms with Gasteiger partial charge >= 0.3 is 5.97 Å². The van der Waals surface area contributed by atoms with Gasteiger partial charge in [0.15, 0.2) is 0 Å². The number of fused-ring (bicyclic) bond motifs is 1. The predicted octanol–water partition coefficient (Wildman–Crippen LogP) is 2.31. The van der Waals surface area contributed by atoms with Crippen LogP contribution in [-0.4, -0.2) is 45.7 Å². The number of carboxylic acids is 1. The highest BCUT2D eigenvalue weighted by atomic mass is 16.4. The number of benzene rings is 1. The molecular weight excluding hydrogens is 254 g/mol. The number of carbonyl (C=O) groups is 1. The van der Waals surface area contributed by atoms with E-state index in [1.54, 1.807) is 12.1 Å². The van der Waals surface area contributed by atoms with Crippen LogP contribution in [0.1, 0.15) is 35.1 Å². The van der Waals surface area contributed by atoms with Gasteiger partial charge in [-0.1, -0.05) is 6.07 Å². The van der Waals surface area contributed by atoms with E-state index in [0.29, 0.717) is 11.6 Å². The molecule has 1 aromatic carbocycles. The minimum Gasteiger partial charge on any atom is -0.478 e. The Hall–Kier alpha value is -1.88. The number of hydrogen-bond donors (Lipinski definition) is 1. The van der Waals surface area contributed by atoms with Gasteiger partial charge in [-0.25, -0.2) is 9.78 Å². The molecule has 1 aliphatic rings. The van der Waals surface area contributed by atoms with Crippen molar-refractivity contribution in [1.29, 1.82) is 0 Å². The third-order valence-corrected chi connectivity index (χ3v) is 4.18. The van der Waals surface area contributed by atoms with E-state index in [9.17, 15) is 9.90 Å². The Kier molecular flexibility index (Phi) is 3.22. The largest absolute Gasteiger partial charge is 0.478 e. The van der Waals surface area contributed by atoms with E-state index in [0.717, 1.165) is 37.3 Å². The summed E-state index contributed by atoms with van der Waals surface area (Å²) in [6, 6.07) is 5.81. The molecule has 1 saturated heterocycles. The summed E-state index contributed by atoms with van der Waals surface area (Å²) in [6.45, 7) is 4.11. The van der Waals surface area contributed by atoms with Crippen LogP contribution in [0.15, 0.2) is 18.2 Å². The first kappa shape index (κ1) is 13.1. The maximum atomic E-state index is 11.3. The van der Waals surface area contributed by atoms with Crippen LogP contribution in [0.25, 0.3) is 11.0 Å². The average molecular weight is 273 g/mol. The zero-order valence-corrected chi connectivity index (χ0v) is 11.8. The van der Waals surface area contributed by atoms with E-state index in [2.05, 4.69) is 21.5 Å². The molecule has 3 rings (SSSR count). The fraction of sp³-hybridized carbons (Fsp3) is 0.467. The van der Waals surface area contributed by atoms with E-state index >= 15 is 0 Å². The predicted molar refractivity (Wildman–Crippen MR) is 77.2 cm³/mol. The average Bonchev–Trinajstić information content (AvgIpc) is 2.75. The highest BCUT2D eigenvalue weighted by Crippen LogP contribution is 2.29. The normalized spacial score (nSPS) is 17.7. The summed E-state index contributed by atoms with van der Waals surface area (Å²) in [5, 5.41) is 9.27. The van der Waals surface area contributed by atoms with Gasteiger partial charge in [0, 0.05) is 6.04 Å². The van der Waals surface area contributed by atoms with Crippen LogP contribution in [-0.2, 0) is 0 Å². The Morgan fingerprint density at radius 3 is 2.70 bits per heavy atom. The molecule has 5 heteroatoms. The third kappa shape index (κ3) is 2.08.